The Morgan fingerprint density at radius 2 is 2.21 bits per heavy atom. The fourth-order valence-electron chi connectivity index (χ4n) is 3.39. The summed E-state index contributed by atoms with van der Waals surface area (Å²) in [4.78, 5) is 16.1. The number of nitrogens with one attached hydrogen (secondary N) is 4. The molecule has 2 aliphatic heterocycles. The molecule has 3 heterocycles. The molecule has 2 unspecified atom stereocenters. The van der Waals surface area contributed by atoms with Gasteiger partial charge in [0.1, 0.15) is 22.9 Å². The number of amides is 1. The number of aromatic nitrogens is 1. The van der Waals surface area contributed by atoms with Crippen LogP contribution in [0, 0.1) is 17.0 Å². The van der Waals surface area contributed by atoms with E-state index in [2.05, 4.69) is 20.3 Å². The third-order valence-electron chi connectivity index (χ3n) is 4.72. The summed E-state index contributed by atoms with van der Waals surface area (Å²) in [5, 5.41) is 13.5. The predicted molar refractivity (Wildman–Crippen MR) is 101 cm³/mol. The van der Waals surface area contributed by atoms with Gasteiger partial charge in [0.2, 0.25) is 0 Å². The maximum absolute atomic E-state index is 14.8. The van der Waals surface area contributed by atoms with Crippen molar-refractivity contribution in [3.63, 3.8) is 0 Å². The summed E-state index contributed by atoms with van der Waals surface area (Å²) in [7, 11) is 0. The van der Waals surface area contributed by atoms with E-state index in [9.17, 15) is 13.6 Å². The van der Waals surface area contributed by atoms with Crippen LogP contribution in [0.4, 0.5) is 14.5 Å². The number of benzene rings is 1. The molecule has 1 amide bonds. The maximum Gasteiger partial charge on any atom is 0.274 e. The first-order chi connectivity index (χ1) is 13.5. The van der Waals surface area contributed by atoms with E-state index in [4.69, 9.17) is 10.1 Å². The van der Waals surface area contributed by atoms with Gasteiger partial charge in [-0.25, -0.2) is 13.8 Å². The normalized spacial score (nSPS) is 23.9. The van der Waals surface area contributed by atoms with Crippen molar-refractivity contribution >= 4 is 29.5 Å². The molecule has 0 aliphatic carbocycles. The second-order valence-electron chi connectivity index (χ2n) is 6.53. The second-order valence-corrected chi connectivity index (χ2v) is 7.54. The average molecular weight is 405 g/mol. The molecule has 0 saturated carbocycles. The molecule has 0 spiro atoms. The van der Waals surface area contributed by atoms with Gasteiger partial charge in [-0.1, -0.05) is 0 Å². The van der Waals surface area contributed by atoms with Gasteiger partial charge in [0.25, 0.3) is 5.91 Å². The van der Waals surface area contributed by atoms with Crippen molar-refractivity contribution in [3.8, 4) is 0 Å². The van der Waals surface area contributed by atoms with Crippen molar-refractivity contribution < 1.29 is 18.3 Å². The maximum atomic E-state index is 14.8. The summed E-state index contributed by atoms with van der Waals surface area (Å²) >= 11 is 1.36. The molecular weight excluding hydrogens is 388 g/mol. The van der Waals surface area contributed by atoms with E-state index in [0.717, 1.165) is 12.3 Å². The van der Waals surface area contributed by atoms with Gasteiger partial charge in [0.05, 0.1) is 18.1 Å². The van der Waals surface area contributed by atoms with Gasteiger partial charge in [-0.2, -0.15) is 0 Å². The summed E-state index contributed by atoms with van der Waals surface area (Å²) in [6.07, 6.45) is 1.63. The highest BCUT2D eigenvalue weighted by molar-refractivity contribution is 7.98. The lowest BCUT2D eigenvalue weighted by Crippen LogP contribution is -2.64. The molecule has 1 aromatic carbocycles. The molecular formula is C18H17F2N5O2S. The number of rotatable bonds is 3. The van der Waals surface area contributed by atoms with Crippen LogP contribution in [-0.2, 0) is 10.3 Å². The van der Waals surface area contributed by atoms with Crippen LogP contribution in [-0.4, -0.2) is 35.3 Å². The number of carbonyl (C=O) groups excluding carboxylic acids is 1. The predicted octanol–water partition coefficient (Wildman–Crippen LogP) is 2.37. The Hall–Kier alpha value is -2.72. The molecule has 1 aromatic heterocycles. The van der Waals surface area contributed by atoms with Crippen LogP contribution in [0.3, 0.4) is 0 Å². The van der Waals surface area contributed by atoms with Crippen molar-refractivity contribution in [1.82, 2.24) is 15.0 Å². The van der Waals surface area contributed by atoms with E-state index < -0.39 is 23.1 Å². The number of pyridine rings is 1. The fraction of sp³-hybridized carbons (Fsp3) is 0.278. The Balaban J connectivity index is 1.65. The number of guanidine groups is 1. The second kappa shape index (κ2) is 7.36. The van der Waals surface area contributed by atoms with E-state index >= 15 is 0 Å². The van der Waals surface area contributed by atoms with E-state index in [0.29, 0.717) is 24.3 Å². The number of carbonyl (C=O) groups is 1. The van der Waals surface area contributed by atoms with Crippen LogP contribution >= 0.6 is 11.9 Å². The SMILES string of the molecule is N=C1NSC2CCOCC2(c2cc(NC(=O)c3ccc(F)cn3)ccc2F)N1. The zero-order valence-corrected chi connectivity index (χ0v) is 15.4. The minimum absolute atomic E-state index is 0.0432. The summed E-state index contributed by atoms with van der Waals surface area (Å²) in [5.41, 5.74) is -0.213. The summed E-state index contributed by atoms with van der Waals surface area (Å²) in [5.74, 6) is -1.47. The van der Waals surface area contributed by atoms with Gasteiger partial charge < -0.3 is 20.1 Å². The molecule has 2 aromatic rings. The van der Waals surface area contributed by atoms with Crippen LogP contribution < -0.4 is 15.4 Å². The number of hydrogen-bond donors (Lipinski definition) is 4. The standard InChI is InChI=1S/C18H17F2N5O2S/c19-10-1-4-14(22-8-10)16(26)23-11-2-3-13(20)12(7-11)18-9-27-6-5-15(18)28-25-17(21)24-18/h1-4,7-8,15H,5-6,9H2,(H,23,26)(H3,21,24,25). The molecule has 146 valence electrons. The number of ether oxygens (including phenoxy) is 1. The van der Waals surface area contributed by atoms with Gasteiger partial charge >= 0.3 is 0 Å². The first-order valence-electron chi connectivity index (χ1n) is 8.57. The average Bonchev–Trinajstić information content (AvgIpc) is 2.69. The highest BCUT2D eigenvalue weighted by Gasteiger charge is 2.48. The molecule has 4 rings (SSSR count). The van der Waals surface area contributed by atoms with E-state index in [-0.39, 0.29) is 23.5 Å². The van der Waals surface area contributed by atoms with Crippen molar-refractivity contribution in [2.75, 3.05) is 18.5 Å². The van der Waals surface area contributed by atoms with Crippen molar-refractivity contribution in [2.24, 2.45) is 0 Å². The van der Waals surface area contributed by atoms with Gasteiger partial charge in [-0.05, 0) is 48.7 Å². The number of anilines is 1. The Morgan fingerprint density at radius 3 is 3.00 bits per heavy atom. The smallest absolute Gasteiger partial charge is 0.274 e. The summed E-state index contributed by atoms with van der Waals surface area (Å²) < 4.78 is 36.3. The third-order valence-corrected chi connectivity index (χ3v) is 5.96. The highest BCUT2D eigenvalue weighted by atomic mass is 32.2. The van der Waals surface area contributed by atoms with E-state index in [1.54, 1.807) is 0 Å². The molecule has 2 aliphatic rings. The lowest BCUT2D eigenvalue weighted by atomic mass is 9.83. The van der Waals surface area contributed by atoms with Crippen molar-refractivity contribution in [2.45, 2.75) is 17.2 Å². The third kappa shape index (κ3) is 3.40. The number of hydrogen-bond acceptors (Lipinski definition) is 5. The monoisotopic (exact) mass is 405 g/mol. The molecule has 10 heteroatoms. The molecule has 2 fully saturated rings. The molecule has 4 N–H and O–H groups in total. The van der Waals surface area contributed by atoms with Gasteiger partial charge in [0.15, 0.2) is 5.96 Å². The fourth-order valence-corrected chi connectivity index (χ4v) is 4.37. The summed E-state index contributed by atoms with van der Waals surface area (Å²) in [6, 6.07) is 6.65. The van der Waals surface area contributed by atoms with Gasteiger partial charge in [-0.15, -0.1) is 0 Å². The Labute approximate surface area is 163 Å². The van der Waals surface area contributed by atoms with Crippen LogP contribution in [0.15, 0.2) is 36.5 Å². The number of nitrogens with zero attached hydrogens (tertiary/aromatic N) is 1. The van der Waals surface area contributed by atoms with Crippen LogP contribution in [0.2, 0.25) is 0 Å². The highest BCUT2D eigenvalue weighted by Crippen LogP contribution is 2.41. The molecule has 0 radical (unpaired) electrons. The molecule has 2 saturated heterocycles. The first-order valence-corrected chi connectivity index (χ1v) is 9.45. The van der Waals surface area contributed by atoms with Crippen LogP contribution in [0.5, 0.6) is 0 Å². The minimum atomic E-state index is -0.926. The van der Waals surface area contributed by atoms with E-state index in [1.807, 2.05) is 0 Å². The van der Waals surface area contributed by atoms with Gasteiger partial charge in [-0.3, -0.25) is 10.2 Å². The zero-order valence-electron chi connectivity index (χ0n) is 14.6. The van der Waals surface area contributed by atoms with Crippen LogP contribution in [0.1, 0.15) is 22.5 Å². The summed E-state index contributed by atoms with van der Waals surface area (Å²) in [6.45, 7) is 0.743. The molecule has 2 atom stereocenters. The lowest BCUT2D eigenvalue weighted by molar-refractivity contribution is 0.0287. The number of halogens is 2. The van der Waals surface area contributed by atoms with Crippen molar-refractivity contribution in [3.05, 3.63) is 59.4 Å². The van der Waals surface area contributed by atoms with Crippen molar-refractivity contribution in [1.29, 1.82) is 5.41 Å². The Bertz CT molecular complexity index is 927. The molecule has 28 heavy (non-hydrogen) atoms. The molecule has 0 bridgehead atoms. The van der Waals surface area contributed by atoms with E-state index in [1.165, 1.54) is 36.2 Å². The van der Waals surface area contributed by atoms with Crippen LogP contribution in [0.25, 0.3) is 0 Å². The number of fused-ring (bicyclic) bond motifs is 1. The quantitative estimate of drug-likeness (QED) is 0.586. The minimum Gasteiger partial charge on any atom is -0.379 e. The topological polar surface area (TPSA) is 99.1 Å². The Morgan fingerprint density at radius 1 is 1.36 bits per heavy atom. The van der Waals surface area contributed by atoms with Gasteiger partial charge in [0, 0.05) is 17.9 Å². The molecule has 7 nitrogen and oxygen atoms in total. The lowest BCUT2D eigenvalue weighted by Gasteiger charge is -2.47. The first kappa shape index (κ1) is 18.6. The largest absolute Gasteiger partial charge is 0.379 e. The zero-order chi connectivity index (χ0) is 19.7. The Kier molecular flexibility index (Phi) is 4.90.